The van der Waals surface area contributed by atoms with E-state index in [1.54, 1.807) is 27.0 Å². The summed E-state index contributed by atoms with van der Waals surface area (Å²) >= 11 is 5.98. The quantitative estimate of drug-likeness (QED) is 0.316. The molecule has 2 heterocycles. The molecular formula is C25H32ClFN8O2. The number of aliphatic hydroxyl groups is 1. The van der Waals surface area contributed by atoms with Gasteiger partial charge in [0.25, 0.3) is 0 Å². The summed E-state index contributed by atoms with van der Waals surface area (Å²) in [5.74, 6) is 0.347. The van der Waals surface area contributed by atoms with Crippen LogP contribution in [0, 0.1) is 5.82 Å². The zero-order valence-corrected chi connectivity index (χ0v) is 22.3. The third kappa shape index (κ3) is 5.95. The largest absolute Gasteiger partial charge is 0.494 e. The summed E-state index contributed by atoms with van der Waals surface area (Å²) in [5.41, 5.74) is 7.87. The summed E-state index contributed by atoms with van der Waals surface area (Å²) in [6.07, 6.45) is 2.38. The predicted octanol–water partition coefficient (Wildman–Crippen LogP) is 4.11. The van der Waals surface area contributed by atoms with E-state index in [0.29, 0.717) is 34.4 Å². The standard InChI is InChI=1S/C25H32ClFN8O2/c1-25(2,36)15-8-17(27)16(26)9-19(15)31-23-29-13-30-24(33-23)32-20-10-18(28)21(11-22(20)37-5)35-7-6-14(12-35)34(3)4/h8-11,13-14,36H,6-7,12,28H2,1-5H3,(H2,29,30,31,32,33)/t14-/m0/s1. The lowest BCUT2D eigenvalue weighted by Gasteiger charge is -2.24. The van der Waals surface area contributed by atoms with Crippen LogP contribution in [0.25, 0.3) is 0 Å². The van der Waals surface area contributed by atoms with Gasteiger partial charge in [0.1, 0.15) is 17.9 Å². The zero-order chi connectivity index (χ0) is 26.9. The van der Waals surface area contributed by atoms with E-state index < -0.39 is 11.4 Å². The van der Waals surface area contributed by atoms with Crippen molar-refractivity contribution >= 4 is 46.2 Å². The van der Waals surface area contributed by atoms with Gasteiger partial charge in [-0.3, -0.25) is 0 Å². The number of aromatic nitrogens is 3. The minimum atomic E-state index is -1.34. The monoisotopic (exact) mass is 530 g/mol. The highest BCUT2D eigenvalue weighted by Crippen LogP contribution is 2.38. The van der Waals surface area contributed by atoms with Gasteiger partial charge in [-0.05, 0) is 52.6 Å². The van der Waals surface area contributed by atoms with Gasteiger partial charge in [0.2, 0.25) is 11.9 Å². The third-order valence-corrected chi connectivity index (χ3v) is 6.66. The van der Waals surface area contributed by atoms with Crippen molar-refractivity contribution in [1.29, 1.82) is 0 Å². The molecule has 12 heteroatoms. The number of rotatable bonds is 8. The molecule has 0 saturated carbocycles. The molecule has 0 aliphatic carbocycles. The molecule has 1 aromatic heterocycles. The molecule has 3 aromatic rings. The van der Waals surface area contributed by atoms with E-state index in [2.05, 4.69) is 49.5 Å². The van der Waals surface area contributed by atoms with E-state index in [4.69, 9.17) is 22.1 Å². The maximum atomic E-state index is 14.1. The fourth-order valence-corrected chi connectivity index (χ4v) is 4.49. The van der Waals surface area contributed by atoms with Crippen LogP contribution in [-0.4, -0.2) is 65.3 Å². The first kappa shape index (κ1) is 26.6. The van der Waals surface area contributed by atoms with E-state index in [9.17, 15) is 9.50 Å². The lowest BCUT2D eigenvalue weighted by molar-refractivity contribution is 0.0790. The van der Waals surface area contributed by atoms with Gasteiger partial charge in [-0.15, -0.1) is 0 Å². The SMILES string of the molecule is COc1cc(N2CC[C@H](N(C)C)C2)c(N)cc1Nc1ncnc(Nc2cc(Cl)c(F)cc2C(C)(C)O)n1. The molecule has 5 N–H and O–H groups in total. The number of nitrogen functional groups attached to an aromatic ring is 1. The van der Waals surface area contributed by atoms with Gasteiger partial charge in [-0.2, -0.15) is 4.98 Å². The number of anilines is 6. The Labute approximate surface area is 220 Å². The summed E-state index contributed by atoms with van der Waals surface area (Å²) in [5, 5.41) is 16.5. The number of nitrogens with one attached hydrogen (secondary N) is 2. The Kier molecular flexibility index (Phi) is 7.58. The van der Waals surface area contributed by atoms with Crippen LogP contribution < -0.4 is 26.0 Å². The Bertz CT molecular complexity index is 1280. The molecular weight excluding hydrogens is 499 g/mol. The average molecular weight is 531 g/mol. The summed E-state index contributed by atoms with van der Waals surface area (Å²) in [6, 6.07) is 6.73. The molecule has 10 nitrogen and oxygen atoms in total. The maximum absolute atomic E-state index is 14.1. The summed E-state index contributed by atoms with van der Waals surface area (Å²) in [6.45, 7) is 4.88. The summed E-state index contributed by atoms with van der Waals surface area (Å²) < 4.78 is 19.7. The first-order chi connectivity index (χ1) is 17.5. The second-order valence-electron chi connectivity index (χ2n) is 9.72. The first-order valence-electron chi connectivity index (χ1n) is 11.8. The number of nitrogens with zero attached hydrogens (tertiary/aromatic N) is 5. The van der Waals surface area contributed by atoms with Crippen molar-refractivity contribution in [1.82, 2.24) is 19.9 Å². The highest BCUT2D eigenvalue weighted by atomic mass is 35.5. The van der Waals surface area contributed by atoms with E-state index >= 15 is 0 Å². The van der Waals surface area contributed by atoms with Crippen LogP contribution in [0.3, 0.4) is 0 Å². The van der Waals surface area contributed by atoms with Gasteiger partial charge in [0.15, 0.2) is 0 Å². The van der Waals surface area contributed by atoms with Crippen LogP contribution in [-0.2, 0) is 5.60 Å². The molecule has 1 aliphatic heterocycles. The fourth-order valence-electron chi connectivity index (χ4n) is 4.32. The normalized spacial score (nSPS) is 15.8. The topological polar surface area (TPSA) is 125 Å². The molecule has 0 radical (unpaired) electrons. The van der Waals surface area contributed by atoms with Crippen molar-refractivity contribution < 1.29 is 14.2 Å². The predicted molar refractivity (Wildman–Crippen MR) is 145 cm³/mol. The van der Waals surface area contributed by atoms with Crippen LogP contribution >= 0.6 is 11.6 Å². The van der Waals surface area contributed by atoms with Gasteiger partial charge in [-0.25, -0.2) is 14.4 Å². The summed E-state index contributed by atoms with van der Waals surface area (Å²) in [4.78, 5) is 17.2. The Balaban J connectivity index is 1.58. The molecule has 1 saturated heterocycles. The molecule has 198 valence electrons. The number of ether oxygens (including phenoxy) is 1. The summed E-state index contributed by atoms with van der Waals surface area (Å²) in [7, 11) is 5.75. The number of nitrogens with two attached hydrogens (primary N) is 1. The highest BCUT2D eigenvalue weighted by Gasteiger charge is 2.26. The smallest absolute Gasteiger partial charge is 0.232 e. The van der Waals surface area contributed by atoms with Crippen molar-refractivity contribution in [3.05, 3.63) is 47.0 Å². The van der Waals surface area contributed by atoms with E-state index in [-0.39, 0.29) is 16.9 Å². The Morgan fingerprint density at radius 2 is 1.84 bits per heavy atom. The van der Waals surface area contributed by atoms with Crippen LogP contribution in [0.1, 0.15) is 25.8 Å². The second kappa shape index (κ2) is 10.5. The molecule has 4 rings (SSSR count). The Morgan fingerprint density at radius 1 is 1.16 bits per heavy atom. The third-order valence-electron chi connectivity index (χ3n) is 6.37. The number of benzene rings is 2. The van der Waals surface area contributed by atoms with Crippen LogP contribution in [0.5, 0.6) is 5.75 Å². The van der Waals surface area contributed by atoms with Crippen molar-refractivity contribution in [2.45, 2.75) is 31.9 Å². The van der Waals surface area contributed by atoms with Gasteiger partial charge < -0.3 is 36.0 Å². The van der Waals surface area contributed by atoms with Crippen LogP contribution in [0.15, 0.2) is 30.6 Å². The van der Waals surface area contributed by atoms with Crippen molar-refractivity contribution in [3.8, 4) is 5.75 Å². The lowest BCUT2D eigenvalue weighted by Crippen LogP contribution is -2.31. The van der Waals surface area contributed by atoms with E-state index in [0.717, 1.165) is 25.2 Å². The maximum Gasteiger partial charge on any atom is 0.232 e. The van der Waals surface area contributed by atoms with Gasteiger partial charge in [-0.1, -0.05) is 11.6 Å². The van der Waals surface area contributed by atoms with E-state index in [1.165, 1.54) is 18.5 Å². The second-order valence-corrected chi connectivity index (χ2v) is 10.1. The number of hydrogen-bond donors (Lipinski definition) is 4. The number of methoxy groups -OCH3 is 1. The molecule has 1 atom stereocenters. The average Bonchev–Trinajstić information content (AvgIpc) is 3.31. The molecule has 1 aliphatic rings. The molecule has 0 amide bonds. The highest BCUT2D eigenvalue weighted by molar-refractivity contribution is 6.31. The molecule has 0 bridgehead atoms. The molecule has 37 heavy (non-hydrogen) atoms. The van der Waals surface area contributed by atoms with Crippen molar-refractivity contribution in [2.75, 3.05) is 55.6 Å². The van der Waals surface area contributed by atoms with Gasteiger partial charge in [0, 0.05) is 36.4 Å². The molecule has 0 unspecified atom stereocenters. The number of hydrogen-bond acceptors (Lipinski definition) is 10. The molecule has 0 spiro atoms. The minimum Gasteiger partial charge on any atom is -0.494 e. The molecule has 1 fully saturated rings. The van der Waals surface area contributed by atoms with Crippen molar-refractivity contribution in [2.24, 2.45) is 0 Å². The minimum absolute atomic E-state index is 0.0990. The van der Waals surface area contributed by atoms with Gasteiger partial charge in [0.05, 0.1) is 34.8 Å². The Hall–Kier alpha value is -3.41. The van der Waals surface area contributed by atoms with Crippen molar-refractivity contribution in [3.63, 3.8) is 0 Å². The first-order valence-corrected chi connectivity index (χ1v) is 12.2. The number of halogens is 2. The van der Waals surface area contributed by atoms with Crippen LogP contribution in [0.2, 0.25) is 5.02 Å². The number of likely N-dealkylation sites (N-methyl/N-ethyl adjacent to an activating group) is 1. The Morgan fingerprint density at radius 3 is 2.43 bits per heavy atom. The zero-order valence-electron chi connectivity index (χ0n) is 21.5. The lowest BCUT2D eigenvalue weighted by atomic mass is 9.96. The fraction of sp³-hybridized carbons (Fsp3) is 0.400. The van der Waals surface area contributed by atoms with E-state index in [1.807, 2.05) is 6.07 Å². The molecule has 2 aromatic carbocycles. The van der Waals surface area contributed by atoms with Crippen LogP contribution in [0.4, 0.5) is 39.0 Å². The van der Waals surface area contributed by atoms with Gasteiger partial charge >= 0.3 is 0 Å².